The van der Waals surface area contributed by atoms with Crippen LogP contribution in [0.25, 0.3) is 0 Å². The molecule has 0 atom stereocenters. The number of nitrogens with one attached hydrogen (secondary N) is 1. The molecule has 13 heavy (non-hydrogen) atoms. The summed E-state index contributed by atoms with van der Waals surface area (Å²) in [5, 5.41) is 3.07. The van der Waals surface area contributed by atoms with Crippen molar-refractivity contribution in [1.29, 1.82) is 0 Å². The smallest absolute Gasteiger partial charge is 0.148 e. The summed E-state index contributed by atoms with van der Waals surface area (Å²) in [6.07, 6.45) is 5.11. The first kappa shape index (κ1) is 9.63. The molecule has 0 amide bonds. The van der Waals surface area contributed by atoms with Gasteiger partial charge >= 0.3 is 0 Å². The number of ether oxygens (including phenoxy) is 1. The lowest BCUT2D eigenvalue weighted by atomic mass is 10.2. The van der Waals surface area contributed by atoms with E-state index >= 15 is 0 Å². The van der Waals surface area contributed by atoms with Crippen LogP contribution in [0.15, 0.2) is 24.3 Å². The highest BCUT2D eigenvalue weighted by molar-refractivity contribution is 5.33. The molecule has 0 saturated heterocycles. The van der Waals surface area contributed by atoms with Gasteiger partial charge < -0.3 is 10.1 Å². The van der Waals surface area contributed by atoms with Crippen LogP contribution in [0.3, 0.4) is 0 Å². The summed E-state index contributed by atoms with van der Waals surface area (Å²) in [5.41, 5.74) is 1.13. The largest absolute Gasteiger partial charge is 0.481 e. The molecule has 1 aromatic rings. The minimum atomic E-state index is 0.320. The zero-order valence-electron chi connectivity index (χ0n) is 7.71. The normalized spacial score (nSPS) is 9.23. The van der Waals surface area contributed by atoms with Gasteiger partial charge in [-0.1, -0.05) is 24.1 Å². The van der Waals surface area contributed by atoms with Gasteiger partial charge in [-0.2, -0.15) is 0 Å². The summed E-state index contributed by atoms with van der Waals surface area (Å²) in [7, 11) is 1.90. The molecule has 0 radical (unpaired) electrons. The van der Waals surface area contributed by atoms with Gasteiger partial charge in [0.05, 0.1) is 0 Å². The monoisotopic (exact) mass is 175 g/mol. The fraction of sp³-hybridized carbons (Fsp3) is 0.273. The van der Waals surface area contributed by atoms with E-state index in [1.807, 2.05) is 31.3 Å². The maximum Gasteiger partial charge on any atom is 0.148 e. The predicted octanol–water partition coefficient (Wildman–Crippen LogP) is 1.42. The quantitative estimate of drug-likeness (QED) is 0.699. The van der Waals surface area contributed by atoms with Crippen molar-refractivity contribution in [2.45, 2.75) is 6.54 Å². The highest BCUT2D eigenvalue weighted by atomic mass is 16.5. The van der Waals surface area contributed by atoms with Crippen LogP contribution in [0, 0.1) is 12.3 Å². The zero-order chi connectivity index (χ0) is 9.52. The fourth-order valence-electron chi connectivity index (χ4n) is 1.10. The molecule has 0 bridgehead atoms. The molecule has 0 saturated carbocycles. The molecule has 2 heteroatoms. The van der Waals surface area contributed by atoms with E-state index in [4.69, 9.17) is 11.2 Å². The highest BCUT2D eigenvalue weighted by Crippen LogP contribution is 2.16. The Kier molecular flexibility index (Phi) is 3.87. The van der Waals surface area contributed by atoms with E-state index in [1.165, 1.54) is 0 Å². The van der Waals surface area contributed by atoms with Crippen LogP contribution < -0.4 is 10.1 Å². The molecule has 1 N–H and O–H groups in total. The second-order valence-electron chi connectivity index (χ2n) is 2.63. The number of rotatable bonds is 4. The second-order valence-corrected chi connectivity index (χ2v) is 2.63. The third-order valence-electron chi connectivity index (χ3n) is 1.65. The summed E-state index contributed by atoms with van der Waals surface area (Å²) in [6, 6.07) is 7.85. The summed E-state index contributed by atoms with van der Waals surface area (Å²) in [5.74, 6) is 3.30. The predicted molar refractivity (Wildman–Crippen MR) is 53.5 cm³/mol. The molecule has 1 aromatic carbocycles. The molecular formula is C11H13NO. The summed E-state index contributed by atoms with van der Waals surface area (Å²) in [4.78, 5) is 0. The van der Waals surface area contributed by atoms with Gasteiger partial charge in [0.25, 0.3) is 0 Å². The van der Waals surface area contributed by atoms with E-state index in [1.54, 1.807) is 0 Å². The highest BCUT2D eigenvalue weighted by Gasteiger charge is 1.99. The Morgan fingerprint density at radius 3 is 2.92 bits per heavy atom. The van der Waals surface area contributed by atoms with Crippen molar-refractivity contribution >= 4 is 0 Å². The van der Waals surface area contributed by atoms with Crippen LogP contribution in [0.4, 0.5) is 0 Å². The number of hydrogen-bond donors (Lipinski definition) is 1. The maximum atomic E-state index is 5.36. The molecule has 0 aliphatic heterocycles. The number of para-hydroxylation sites is 1. The van der Waals surface area contributed by atoms with Crippen LogP contribution in [-0.4, -0.2) is 13.7 Å². The molecule has 0 fully saturated rings. The van der Waals surface area contributed by atoms with Crippen LogP contribution >= 0.6 is 0 Å². The molecule has 1 rings (SSSR count). The minimum Gasteiger partial charge on any atom is -0.481 e. The molecule has 0 aliphatic carbocycles. The standard InChI is InChI=1S/C11H13NO/c1-3-8-13-11-7-5-4-6-10(11)9-12-2/h1,4-7,12H,8-9H2,2H3. The SMILES string of the molecule is C#CCOc1ccccc1CNC. The van der Waals surface area contributed by atoms with Crippen LogP contribution in [0.1, 0.15) is 5.56 Å². The van der Waals surface area contributed by atoms with E-state index < -0.39 is 0 Å². The first-order valence-corrected chi connectivity index (χ1v) is 4.17. The first-order chi connectivity index (χ1) is 6.38. The topological polar surface area (TPSA) is 21.3 Å². The minimum absolute atomic E-state index is 0.320. The Bertz CT molecular complexity index is 301. The van der Waals surface area contributed by atoms with Gasteiger partial charge in [0.15, 0.2) is 0 Å². The average Bonchev–Trinajstić information content (AvgIpc) is 2.17. The van der Waals surface area contributed by atoms with E-state index in [9.17, 15) is 0 Å². The molecule has 0 spiro atoms. The van der Waals surface area contributed by atoms with E-state index in [0.29, 0.717) is 6.61 Å². The Morgan fingerprint density at radius 2 is 2.23 bits per heavy atom. The summed E-state index contributed by atoms with van der Waals surface area (Å²) < 4.78 is 5.36. The Morgan fingerprint density at radius 1 is 1.46 bits per heavy atom. The lowest BCUT2D eigenvalue weighted by molar-refractivity contribution is 0.365. The van der Waals surface area contributed by atoms with Gasteiger partial charge in [-0.15, -0.1) is 6.42 Å². The average molecular weight is 175 g/mol. The van der Waals surface area contributed by atoms with E-state index in [2.05, 4.69) is 11.2 Å². The molecular weight excluding hydrogens is 162 g/mol. The van der Waals surface area contributed by atoms with Gasteiger partial charge in [0, 0.05) is 12.1 Å². The van der Waals surface area contributed by atoms with Crippen molar-refractivity contribution in [1.82, 2.24) is 5.32 Å². The Labute approximate surface area is 78.9 Å². The Balaban J connectivity index is 2.73. The number of hydrogen-bond acceptors (Lipinski definition) is 2. The van der Waals surface area contributed by atoms with Gasteiger partial charge in [0.2, 0.25) is 0 Å². The van der Waals surface area contributed by atoms with E-state index in [-0.39, 0.29) is 0 Å². The van der Waals surface area contributed by atoms with Crippen molar-refractivity contribution in [3.8, 4) is 18.1 Å². The van der Waals surface area contributed by atoms with Crippen molar-refractivity contribution in [2.24, 2.45) is 0 Å². The van der Waals surface area contributed by atoms with Crippen molar-refractivity contribution in [3.05, 3.63) is 29.8 Å². The summed E-state index contributed by atoms with van der Waals surface area (Å²) >= 11 is 0. The van der Waals surface area contributed by atoms with Crippen molar-refractivity contribution in [3.63, 3.8) is 0 Å². The molecule has 0 unspecified atom stereocenters. The maximum absolute atomic E-state index is 5.36. The zero-order valence-corrected chi connectivity index (χ0v) is 7.71. The molecule has 0 aromatic heterocycles. The van der Waals surface area contributed by atoms with Gasteiger partial charge in [-0.05, 0) is 13.1 Å². The van der Waals surface area contributed by atoms with Gasteiger partial charge in [0.1, 0.15) is 12.4 Å². The van der Waals surface area contributed by atoms with Crippen molar-refractivity contribution in [2.75, 3.05) is 13.7 Å². The lowest BCUT2D eigenvalue weighted by Gasteiger charge is -2.08. The fourth-order valence-corrected chi connectivity index (χ4v) is 1.10. The third-order valence-corrected chi connectivity index (χ3v) is 1.65. The van der Waals surface area contributed by atoms with Crippen molar-refractivity contribution < 1.29 is 4.74 Å². The Hall–Kier alpha value is -1.46. The third kappa shape index (κ3) is 2.81. The van der Waals surface area contributed by atoms with Crippen LogP contribution in [0.5, 0.6) is 5.75 Å². The second kappa shape index (κ2) is 5.23. The summed E-state index contributed by atoms with van der Waals surface area (Å²) in [6.45, 7) is 1.11. The van der Waals surface area contributed by atoms with E-state index in [0.717, 1.165) is 17.9 Å². The number of terminal acetylenes is 1. The molecule has 2 nitrogen and oxygen atoms in total. The molecule has 0 aliphatic rings. The number of benzene rings is 1. The molecule has 0 heterocycles. The van der Waals surface area contributed by atoms with Gasteiger partial charge in [-0.3, -0.25) is 0 Å². The lowest BCUT2D eigenvalue weighted by Crippen LogP contribution is -2.07. The van der Waals surface area contributed by atoms with Crippen LogP contribution in [0.2, 0.25) is 0 Å². The van der Waals surface area contributed by atoms with Gasteiger partial charge in [-0.25, -0.2) is 0 Å². The first-order valence-electron chi connectivity index (χ1n) is 4.17. The van der Waals surface area contributed by atoms with Crippen LogP contribution in [-0.2, 0) is 6.54 Å². The molecule has 68 valence electrons.